The van der Waals surface area contributed by atoms with E-state index in [9.17, 15) is 14.4 Å². The highest BCUT2D eigenvalue weighted by Gasteiger charge is 2.37. The highest BCUT2D eigenvalue weighted by atomic mass is 79.9. The second-order valence-corrected chi connectivity index (χ2v) is 5.03. The maximum absolute atomic E-state index is 13.7. The monoisotopic (exact) mass is 319 g/mol. The van der Waals surface area contributed by atoms with E-state index in [4.69, 9.17) is 0 Å². The first-order valence-electron chi connectivity index (χ1n) is 5.53. The molecule has 0 fully saturated rings. The molecule has 0 aliphatic carbocycles. The Kier molecular flexibility index (Phi) is 2.71. The van der Waals surface area contributed by atoms with Crippen molar-refractivity contribution in [3.63, 3.8) is 0 Å². The summed E-state index contributed by atoms with van der Waals surface area (Å²) in [4.78, 5) is 12.2. The summed E-state index contributed by atoms with van der Waals surface area (Å²) in [6.45, 7) is 0. The molecule has 0 unspecified atom stereocenters. The number of nitrogens with zero attached hydrogens (tertiary/aromatic N) is 1. The fourth-order valence-electron chi connectivity index (χ4n) is 2.09. The molecule has 0 spiro atoms. The summed E-state index contributed by atoms with van der Waals surface area (Å²) in [5.74, 6) is -1.05. The zero-order valence-electron chi connectivity index (χ0n) is 9.56. The quantitative estimate of drug-likeness (QED) is 0.597. The third-order valence-electron chi connectivity index (χ3n) is 2.97. The van der Waals surface area contributed by atoms with E-state index in [0.717, 1.165) is 0 Å². The molecule has 1 heterocycles. The zero-order valence-corrected chi connectivity index (χ0v) is 11.1. The van der Waals surface area contributed by atoms with Gasteiger partial charge in [0.2, 0.25) is 5.69 Å². The molecule has 2 aromatic carbocycles. The molecule has 3 rings (SSSR count). The van der Waals surface area contributed by atoms with Crippen LogP contribution >= 0.6 is 15.9 Å². The van der Waals surface area contributed by atoms with Crippen LogP contribution in [0.25, 0.3) is 0 Å². The van der Waals surface area contributed by atoms with Crippen molar-refractivity contribution in [2.45, 2.75) is 0 Å². The first kappa shape index (κ1) is 12.0. The van der Waals surface area contributed by atoms with Crippen molar-refractivity contribution in [2.75, 3.05) is 0 Å². The largest absolute Gasteiger partial charge is 0.618 e. The Balaban J connectivity index is 2.24. The number of benzene rings is 2. The van der Waals surface area contributed by atoms with E-state index in [2.05, 4.69) is 15.9 Å². The summed E-state index contributed by atoms with van der Waals surface area (Å²) >= 11 is 3.25. The molecule has 0 amide bonds. The second kappa shape index (κ2) is 4.28. The van der Waals surface area contributed by atoms with Gasteiger partial charge in [-0.2, -0.15) is 4.74 Å². The van der Waals surface area contributed by atoms with Gasteiger partial charge in [0.05, 0.1) is 5.56 Å². The predicted octanol–water partition coefficient (Wildman–Crippen LogP) is 3.42. The molecule has 1 aliphatic heterocycles. The Labute approximate surface area is 116 Å². The minimum Gasteiger partial charge on any atom is -0.618 e. The number of halogens is 2. The van der Waals surface area contributed by atoms with Gasteiger partial charge in [-0.15, -0.1) is 0 Å². The number of rotatable bonds is 1. The SMILES string of the molecule is O=C1C(c2ccccc2F)=[N+]([O-])c2ccc(Br)cc21. The second-order valence-electron chi connectivity index (χ2n) is 4.11. The summed E-state index contributed by atoms with van der Waals surface area (Å²) in [5, 5.41) is 12.1. The Morgan fingerprint density at radius 2 is 1.84 bits per heavy atom. The summed E-state index contributed by atoms with van der Waals surface area (Å²) in [6.07, 6.45) is 0. The maximum atomic E-state index is 13.7. The topological polar surface area (TPSA) is 43.1 Å². The van der Waals surface area contributed by atoms with Crippen LogP contribution in [0.5, 0.6) is 0 Å². The highest BCUT2D eigenvalue weighted by molar-refractivity contribution is 9.10. The van der Waals surface area contributed by atoms with Crippen molar-refractivity contribution in [2.24, 2.45) is 0 Å². The lowest BCUT2D eigenvalue weighted by Gasteiger charge is -2.02. The van der Waals surface area contributed by atoms with Crippen LogP contribution < -0.4 is 0 Å². The molecule has 0 radical (unpaired) electrons. The van der Waals surface area contributed by atoms with Crippen LogP contribution in [0, 0.1) is 11.0 Å². The Bertz CT molecular complexity index is 740. The molecule has 1 aliphatic rings. The number of hydrogen-bond donors (Lipinski definition) is 0. The molecule has 5 heteroatoms. The van der Waals surface area contributed by atoms with E-state index in [1.165, 1.54) is 24.3 Å². The smallest absolute Gasteiger partial charge is 0.275 e. The highest BCUT2D eigenvalue weighted by Crippen LogP contribution is 2.30. The van der Waals surface area contributed by atoms with Gasteiger partial charge in [-0.25, -0.2) is 4.39 Å². The van der Waals surface area contributed by atoms with Gasteiger partial charge in [-0.3, -0.25) is 4.79 Å². The van der Waals surface area contributed by atoms with E-state index in [1.54, 1.807) is 18.2 Å². The average molecular weight is 320 g/mol. The van der Waals surface area contributed by atoms with Crippen molar-refractivity contribution in [3.8, 4) is 0 Å². The number of carbonyl (C=O) groups excluding carboxylic acids is 1. The number of ketones is 1. The third-order valence-corrected chi connectivity index (χ3v) is 3.46. The van der Waals surface area contributed by atoms with Crippen molar-refractivity contribution in [1.29, 1.82) is 0 Å². The van der Waals surface area contributed by atoms with Crippen LogP contribution in [-0.4, -0.2) is 16.2 Å². The molecular weight excluding hydrogens is 313 g/mol. The number of hydrogen-bond acceptors (Lipinski definition) is 2. The molecule has 0 aromatic heterocycles. The number of fused-ring (bicyclic) bond motifs is 1. The van der Waals surface area contributed by atoms with Gasteiger partial charge in [0, 0.05) is 10.5 Å². The third kappa shape index (κ3) is 1.77. The molecule has 3 nitrogen and oxygen atoms in total. The van der Waals surface area contributed by atoms with E-state index < -0.39 is 11.6 Å². The van der Waals surface area contributed by atoms with Gasteiger partial charge in [-0.05, 0) is 24.3 Å². The van der Waals surface area contributed by atoms with Crippen molar-refractivity contribution in [1.82, 2.24) is 0 Å². The summed E-state index contributed by atoms with van der Waals surface area (Å²) < 4.78 is 14.9. The molecule has 94 valence electrons. The molecule has 0 atom stereocenters. The lowest BCUT2D eigenvalue weighted by molar-refractivity contribution is -0.355. The molecule has 2 aromatic rings. The molecule has 0 bridgehead atoms. The molecule has 0 saturated carbocycles. The van der Waals surface area contributed by atoms with Gasteiger partial charge in [0.15, 0.2) is 0 Å². The standard InChI is InChI=1S/C14H7BrFNO2/c15-8-5-6-12-10(7-8)14(18)13(17(12)19)9-3-1-2-4-11(9)16/h1-7H. The van der Waals surface area contributed by atoms with Gasteiger partial charge in [0.25, 0.3) is 11.5 Å². The van der Waals surface area contributed by atoms with E-state index >= 15 is 0 Å². The van der Waals surface area contributed by atoms with E-state index in [0.29, 0.717) is 9.21 Å². The van der Waals surface area contributed by atoms with Crippen LogP contribution in [0.15, 0.2) is 46.9 Å². The first-order valence-corrected chi connectivity index (χ1v) is 6.32. The minimum absolute atomic E-state index is 0.0230. The van der Waals surface area contributed by atoms with Gasteiger partial charge < -0.3 is 5.21 Å². The first-order chi connectivity index (χ1) is 9.09. The molecular formula is C14H7BrFNO2. The van der Waals surface area contributed by atoms with Crippen LogP contribution in [-0.2, 0) is 0 Å². The lowest BCUT2D eigenvalue weighted by atomic mass is 10.0. The summed E-state index contributed by atoms with van der Waals surface area (Å²) in [6, 6.07) is 10.5. The van der Waals surface area contributed by atoms with Gasteiger partial charge >= 0.3 is 0 Å². The van der Waals surface area contributed by atoms with Crippen LogP contribution in [0.2, 0.25) is 0 Å². The molecule has 19 heavy (non-hydrogen) atoms. The molecule has 0 N–H and O–H groups in total. The van der Waals surface area contributed by atoms with Gasteiger partial charge in [-0.1, -0.05) is 28.1 Å². The molecule has 0 saturated heterocycles. The summed E-state index contributed by atoms with van der Waals surface area (Å²) in [5.41, 5.74) is 0.370. The van der Waals surface area contributed by atoms with Crippen molar-refractivity contribution < 1.29 is 13.9 Å². The fourth-order valence-corrected chi connectivity index (χ4v) is 2.45. The van der Waals surface area contributed by atoms with Crippen molar-refractivity contribution in [3.05, 3.63) is 69.1 Å². The van der Waals surface area contributed by atoms with Crippen molar-refractivity contribution >= 4 is 33.1 Å². The number of Topliss-reactive ketones (excluding diaryl/α,β-unsaturated/α-hetero) is 1. The lowest BCUT2D eigenvalue weighted by Crippen LogP contribution is -2.18. The normalized spacial score (nSPS) is 13.9. The van der Waals surface area contributed by atoms with Gasteiger partial charge in [0.1, 0.15) is 11.4 Å². The summed E-state index contributed by atoms with van der Waals surface area (Å²) in [7, 11) is 0. The van der Waals surface area contributed by atoms with Crippen LogP contribution in [0.3, 0.4) is 0 Å². The van der Waals surface area contributed by atoms with Crippen LogP contribution in [0.4, 0.5) is 10.1 Å². The van der Waals surface area contributed by atoms with Crippen LogP contribution in [0.1, 0.15) is 15.9 Å². The maximum Gasteiger partial charge on any atom is 0.275 e. The minimum atomic E-state index is -0.585. The predicted molar refractivity (Wildman–Crippen MR) is 72.3 cm³/mol. The number of carbonyl (C=O) groups is 1. The zero-order chi connectivity index (χ0) is 13.6. The van der Waals surface area contributed by atoms with E-state index in [-0.39, 0.29) is 22.5 Å². The fraction of sp³-hybridized carbons (Fsp3) is 0. The Morgan fingerprint density at radius 1 is 1.11 bits per heavy atom. The van der Waals surface area contributed by atoms with E-state index in [1.807, 2.05) is 0 Å². The Hall–Kier alpha value is -2.01. The average Bonchev–Trinajstić information content (AvgIpc) is 2.63. The Morgan fingerprint density at radius 3 is 2.58 bits per heavy atom.